The Bertz CT molecular complexity index is 695. The molecule has 3 N–H and O–H groups in total. The Morgan fingerprint density at radius 1 is 1.32 bits per heavy atom. The predicted molar refractivity (Wildman–Crippen MR) is 76.3 cm³/mol. The zero-order valence-corrected chi connectivity index (χ0v) is 12.6. The van der Waals surface area contributed by atoms with Crippen molar-refractivity contribution in [3.8, 4) is 0 Å². The molecule has 2 aromatic rings. The highest BCUT2D eigenvalue weighted by atomic mass is 79.9. The molecule has 19 heavy (non-hydrogen) atoms. The van der Waals surface area contributed by atoms with Crippen molar-refractivity contribution in [2.75, 3.05) is 5.32 Å². The van der Waals surface area contributed by atoms with Crippen LogP contribution in [0, 0.1) is 6.92 Å². The van der Waals surface area contributed by atoms with Crippen LogP contribution in [0.3, 0.4) is 0 Å². The molecule has 0 bridgehead atoms. The molecule has 0 unspecified atom stereocenters. The first-order valence-corrected chi connectivity index (χ1v) is 7.82. The maximum Gasteiger partial charge on any atom is 0.271 e. The number of nitrogens with one attached hydrogen (secondary N) is 1. The van der Waals surface area contributed by atoms with E-state index in [4.69, 9.17) is 9.56 Å². The lowest BCUT2D eigenvalue weighted by molar-refractivity contribution is 0.419. The van der Waals surface area contributed by atoms with E-state index in [0.29, 0.717) is 12.3 Å². The number of benzene rings is 1. The second-order valence-corrected chi connectivity index (χ2v) is 6.49. The molecule has 0 fully saturated rings. The van der Waals surface area contributed by atoms with Crippen LogP contribution < -0.4 is 10.5 Å². The third-order valence-electron chi connectivity index (χ3n) is 2.57. The Morgan fingerprint density at radius 3 is 2.68 bits per heavy atom. The molecule has 0 saturated heterocycles. The van der Waals surface area contributed by atoms with E-state index >= 15 is 0 Å². The number of hydrogen-bond donors (Lipinski definition) is 2. The number of primary sulfonamides is 1. The van der Waals surface area contributed by atoms with Crippen LogP contribution in [0.5, 0.6) is 0 Å². The quantitative estimate of drug-likeness (QED) is 0.892. The van der Waals surface area contributed by atoms with Crippen LogP contribution in [0.25, 0.3) is 0 Å². The lowest BCUT2D eigenvalue weighted by atomic mass is 10.2. The number of halogens is 1. The Labute approximate surface area is 120 Å². The van der Waals surface area contributed by atoms with Gasteiger partial charge in [-0.15, -0.1) is 0 Å². The van der Waals surface area contributed by atoms with Gasteiger partial charge in [0.2, 0.25) is 5.09 Å². The number of hydrogen-bond acceptors (Lipinski definition) is 4. The molecule has 0 aliphatic carbocycles. The summed E-state index contributed by atoms with van der Waals surface area (Å²) in [6.07, 6.45) is 0. The lowest BCUT2D eigenvalue weighted by Gasteiger charge is -2.08. The Morgan fingerprint density at radius 2 is 2.05 bits per heavy atom. The molecule has 1 aromatic heterocycles. The number of sulfonamides is 1. The molecule has 1 aromatic carbocycles. The largest absolute Gasteiger partial charge is 0.446 e. The average molecular weight is 345 g/mol. The highest BCUT2D eigenvalue weighted by Crippen LogP contribution is 2.22. The van der Waals surface area contributed by atoms with Crippen LogP contribution in [0.2, 0.25) is 0 Å². The van der Waals surface area contributed by atoms with Gasteiger partial charge in [0.15, 0.2) is 0 Å². The molecule has 102 valence electrons. The van der Waals surface area contributed by atoms with Gasteiger partial charge in [-0.1, -0.05) is 22.0 Å². The fourth-order valence-corrected chi connectivity index (χ4v) is 2.42. The van der Waals surface area contributed by atoms with Gasteiger partial charge in [0.05, 0.1) is 6.54 Å². The van der Waals surface area contributed by atoms with Crippen LogP contribution in [-0.4, -0.2) is 8.42 Å². The molecule has 0 spiro atoms. The third-order valence-corrected chi connectivity index (χ3v) is 3.84. The van der Waals surface area contributed by atoms with E-state index in [1.165, 1.54) is 6.07 Å². The van der Waals surface area contributed by atoms with Gasteiger partial charge in [0.25, 0.3) is 10.0 Å². The monoisotopic (exact) mass is 344 g/mol. The van der Waals surface area contributed by atoms with Gasteiger partial charge in [-0.25, -0.2) is 13.6 Å². The molecule has 0 radical (unpaired) electrons. The second-order valence-electron chi connectivity index (χ2n) is 4.08. The van der Waals surface area contributed by atoms with Crippen molar-refractivity contribution in [1.82, 2.24) is 0 Å². The normalized spacial score (nSPS) is 11.5. The number of nitrogens with two attached hydrogens (primary N) is 1. The Kier molecular flexibility index (Phi) is 3.98. The van der Waals surface area contributed by atoms with Crippen LogP contribution in [0.15, 0.2) is 44.3 Å². The average Bonchev–Trinajstić information content (AvgIpc) is 2.79. The summed E-state index contributed by atoms with van der Waals surface area (Å²) in [7, 11) is -3.78. The van der Waals surface area contributed by atoms with Gasteiger partial charge in [0.1, 0.15) is 5.76 Å². The first kappa shape index (κ1) is 14.1. The van der Waals surface area contributed by atoms with Gasteiger partial charge < -0.3 is 9.73 Å². The minimum absolute atomic E-state index is 0.227. The number of anilines is 1. The molecule has 0 saturated carbocycles. The topological polar surface area (TPSA) is 85.3 Å². The molecule has 5 nitrogen and oxygen atoms in total. The van der Waals surface area contributed by atoms with Crippen molar-refractivity contribution in [2.45, 2.75) is 18.6 Å². The Hall–Kier alpha value is -1.31. The SMILES string of the molecule is Cc1ccc(Br)cc1NCc1ccc(S(N)(=O)=O)o1. The minimum Gasteiger partial charge on any atom is -0.446 e. The van der Waals surface area contributed by atoms with Crippen LogP contribution in [0.1, 0.15) is 11.3 Å². The lowest BCUT2D eigenvalue weighted by Crippen LogP contribution is -2.10. The number of aryl methyl sites for hydroxylation is 1. The summed E-state index contributed by atoms with van der Waals surface area (Å²) in [5.41, 5.74) is 2.03. The van der Waals surface area contributed by atoms with E-state index in [1.807, 2.05) is 25.1 Å². The summed E-state index contributed by atoms with van der Waals surface area (Å²) in [6.45, 7) is 2.36. The number of rotatable bonds is 4. The standard InChI is InChI=1S/C12H13BrN2O3S/c1-8-2-3-9(13)6-11(8)15-7-10-4-5-12(18-10)19(14,16)17/h2-6,15H,7H2,1H3,(H2,14,16,17). The molecule has 7 heteroatoms. The molecule has 0 aliphatic rings. The summed E-state index contributed by atoms with van der Waals surface area (Å²) in [5.74, 6) is 0.503. The van der Waals surface area contributed by atoms with Crippen molar-refractivity contribution in [3.63, 3.8) is 0 Å². The maximum atomic E-state index is 11.1. The Balaban J connectivity index is 2.11. The predicted octanol–water partition coefficient (Wildman–Crippen LogP) is 2.61. The van der Waals surface area contributed by atoms with Crippen LogP contribution in [-0.2, 0) is 16.6 Å². The number of furan rings is 1. The van der Waals surface area contributed by atoms with Gasteiger partial charge in [-0.05, 0) is 36.8 Å². The van der Waals surface area contributed by atoms with E-state index in [-0.39, 0.29) is 5.09 Å². The van der Waals surface area contributed by atoms with Crippen molar-refractivity contribution >= 4 is 31.6 Å². The van der Waals surface area contributed by atoms with Gasteiger partial charge in [-0.2, -0.15) is 0 Å². The summed E-state index contributed by atoms with van der Waals surface area (Å²) in [6, 6.07) is 8.80. The summed E-state index contributed by atoms with van der Waals surface area (Å²) in [4.78, 5) is 0. The van der Waals surface area contributed by atoms with E-state index in [1.54, 1.807) is 6.07 Å². The summed E-state index contributed by atoms with van der Waals surface area (Å²) >= 11 is 3.39. The molecular weight excluding hydrogens is 332 g/mol. The highest BCUT2D eigenvalue weighted by Gasteiger charge is 2.13. The minimum atomic E-state index is -3.78. The smallest absolute Gasteiger partial charge is 0.271 e. The summed E-state index contributed by atoms with van der Waals surface area (Å²) in [5, 5.41) is 7.92. The highest BCUT2D eigenvalue weighted by molar-refractivity contribution is 9.10. The first-order valence-electron chi connectivity index (χ1n) is 5.48. The molecule has 0 amide bonds. The van der Waals surface area contributed by atoms with E-state index in [2.05, 4.69) is 21.2 Å². The molecule has 0 aliphatic heterocycles. The maximum absolute atomic E-state index is 11.1. The summed E-state index contributed by atoms with van der Waals surface area (Å²) < 4.78 is 28.3. The van der Waals surface area contributed by atoms with E-state index in [0.717, 1.165) is 15.7 Å². The van der Waals surface area contributed by atoms with Gasteiger partial charge in [-0.3, -0.25) is 0 Å². The third kappa shape index (κ3) is 3.59. The van der Waals surface area contributed by atoms with Crippen molar-refractivity contribution < 1.29 is 12.8 Å². The van der Waals surface area contributed by atoms with Crippen LogP contribution in [0.4, 0.5) is 5.69 Å². The zero-order chi connectivity index (χ0) is 14.0. The molecule has 2 rings (SSSR count). The molecule has 1 heterocycles. The second kappa shape index (κ2) is 5.36. The zero-order valence-electron chi connectivity index (χ0n) is 10.2. The fourth-order valence-electron chi connectivity index (χ4n) is 1.57. The fraction of sp³-hybridized carbons (Fsp3) is 0.167. The first-order chi connectivity index (χ1) is 8.86. The van der Waals surface area contributed by atoms with Gasteiger partial charge >= 0.3 is 0 Å². The van der Waals surface area contributed by atoms with E-state index in [9.17, 15) is 8.42 Å². The molecular formula is C12H13BrN2O3S. The molecule has 0 atom stereocenters. The van der Waals surface area contributed by atoms with Crippen molar-refractivity contribution in [2.24, 2.45) is 5.14 Å². The van der Waals surface area contributed by atoms with Crippen molar-refractivity contribution in [1.29, 1.82) is 0 Å². The van der Waals surface area contributed by atoms with Gasteiger partial charge in [0, 0.05) is 10.2 Å². The van der Waals surface area contributed by atoms with Crippen LogP contribution >= 0.6 is 15.9 Å². The van der Waals surface area contributed by atoms with Crippen molar-refractivity contribution in [3.05, 3.63) is 46.1 Å². The van der Waals surface area contributed by atoms with E-state index < -0.39 is 10.0 Å².